The highest BCUT2D eigenvalue weighted by Crippen LogP contribution is 2.30. The van der Waals surface area contributed by atoms with Gasteiger partial charge in [0.1, 0.15) is 0 Å². The Morgan fingerprint density at radius 3 is 1.90 bits per heavy atom. The molecule has 1 heterocycles. The molecule has 166 valence electrons. The van der Waals surface area contributed by atoms with Crippen LogP contribution in [0.3, 0.4) is 0 Å². The van der Waals surface area contributed by atoms with Gasteiger partial charge in [-0.2, -0.15) is 0 Å². The molecule has 0 atom stereocenters. The summed E-state index contributed by atoms with van der Waals surface area (Å²) in [5.41, 5.74) is 2.61. The Balaban J connectivity index is 1.31. The van der Waals surface area contributed by atoms with Gasteiger partial charge in [-0.3, -0.25) is 9.89 Å². The van der Waals surface area contributed by atoms with Crippen LogP contribution in [0.2, 0.25) is 10.0 Å². The SMILES string of the molecule is Clc1ccc(CN(Cc2ccc(Cl)cc2)CC2CCC(CNC3=NCCN3)CC2)cc1. The van der Waals surface area contributed by atoms with E-state index >= 15 is 0 Å². The minimum absolute atomic E-state index is 0.748. The lowest BCUT2D eigenvalue weighted by Gasteiger charge is -2.33. The zero-order valence-corrected chi connectivity index (χ0v) is 19.5. The third-order valence-corrected chi connectivity index (χ3v) is 6.86. The topological polar surface area (TPSA) is 39.7 Å². The van der Waals surface area contributed by atoms with Gasteiger partial charge in [0.15, 0.2) is 5.96 Å². The number of halogens is 2. The van der Waals surface area contributed by atoms with Crippen molar-refractivity contribution in [1.29, 1.82) is 0 Å². The number of hydrogen-bond acceptors (Lipinski definition) is 4. The van der Waals surface area contributed by atoms with E-state index in [9.17, 15) is 0 Å². The summed E-state index contributed by atoms with van der Waals surface area (Å²) in [6.07, 6.45) is 5.18. The number of hydrogen-bond donors (Lipinski definition) is 2. The summed E-state index contributed by atoms with van der Waals surface area (Å²) in [6, 6.07) is 16.5. The predicted molar refractivity (Wildman–Crippen MR) is 131 cm³/mol. The molecule has 0 spiro atoms. The third-order valence-electron chi connectivity index (χ3n) is 6.35. The summed E-state index contributed by atoms with van der Waals surface area (Å²) in [6.45, 7) is 5.90. The minimum atomic E-state index is 0.748. The molecule has 1 aliphatic heterocycles. The van der Waals surface area contributed by atoms with Crippen LogP contribution in [0.15, 0.2) is 53.5 Å². The molecular weight excluding hydrogens is 427 g/mol. The van der Waals surface area contributed by atoms with Crippen molar-refractivity contribution in [3.8, 4) is 0 Å². The highest BCUT2D eigenvalue weighted by Gasteiger charge is 2.23. The minimum Gasteiger partial charge on any atom is -0.356 e. The van der Waals surface area contributed by atoms with Gasteiger partial charge in [0.25, 0.3) is 0 Å². The Hall–Kier alpha value is -1.75. The number of nitrogens with one attached hydrogen (secondary N) is 2. The highest BCUT2D eigenvalue weighted by molar-refractivity contribution is 6.30. The van der Waals surface area contributed by atoms with Crippen molar-refractivity contribution in [3.05, 3.63) is 69.7 Å². The van der Waals surface area contributed by atoms with E-state index in [0.717, 1.165) is 67.1 Å². The molecule has 0 amide bonds. The van der Waals surface area contributed by atoms with Gasteiger partial charge in [-0.25, -0.2) is 0 Å². The monoisotopic (exact) mass is 458 g/mol. The smallest absolute Gasteiger partial charge is 0.191 e. The first-order valence-corrected chi connectivity index (χ1v) is 12.1. The van der Waals surface area contributed by atoms with E-state index in [1.807, 2.05) is 24.3 Å². The molecule has 2 aromatic rings. The fourth-order valence-electron chi connectivity index (χ4n) is 4.62. The summed E-state index contributed by atoms with van der Waals surface area (Å²) in [7, 11) is 0. The first-order valence-electron chi connectivity index (χ1n) is 11.4. The quantitative estimate of drug-likeness (QED) is 0.559. The largest absolute Gasteiger partial charge is 0.356 e. The van der Waals surface area contributed by atoms with Crippen LogP contribution in [0.1, 0.15) is 36.8 Å². The van der Waals surface area contributed by atoms with Crippen molar-refractivity contribution in [2.75, 3.05) is 26.2 Å². The highest BCUT2D eigenvalue weighted by atomic mass is 35.5. The van der Waals surface area contributed by atoms with Crippen molar-refractivity contribution in [1.82, 2.24) is 15.5 Å². The van der Waals surface area contributed by atoms with E-state index in [-0.39, 0.29) is 0 Å². The number of benzene rings is 2. The predicted octanol–water partition coefficient (Wildman–Crippen LogP) is 5.35. The lowest BCUT2D eigenvalue weighted by atomic mass is 9.81. The Bertz CT molecular complexity index is 795. The summed E-state index contributed by atoms with van der Waals surface area (Å²) >= 11 is 12.2. The molecule has 4 rings (SSSR count). The van der Waals surface area contributed by atoms with Crippen LogP contribution in [0.5, 0.6) is 0 Å². The molecule has 0 saturated heterocycles. The fraction of sp³-hybridized carbons (Fsp3) is 0.480. The molecule has 1 saturated carbocycles. The van der Waals surface area contributed by atoms with Crippen LogP contribution in [0.4, 0.5) is 0 Å². The van der Waals surface area contributed by atoms with Gasteiger partial charge in [0.2, 0.25) is 0 Å². The molecule has 2 N–H and O–H groups in total. The lowest BCUT2D eigenvalue weighted by Crippen LogP contribution is -2.38. The first kappa shape index (κ1) is 22.4. The maximum Gasteiger partial charge on any atom is 0.191 e. The van der Waals surface area contributed by atoms with Gasteiger partial charge in [-0.1, -0.05) is 47.5 Å². The van der Waals surface area contributed by atoms with E-state index in [1.54, 1.807) is 0 Å². The third kappa shape index (κ3) is 7.13. The molecule has 31 heavy (non-hydrogen) atoms. The molecule has 0 aromatic heterocycles. The number of rotatable bonds is 8. The van der Waals surface area contributed by atoms with E-state index < -0.39 is 0 Å². The first-order chi connectivity index (χ1) is 15.1. The fourth-order valence-corrected chi connectivity index (χ4v) is 4.87. The maximum absolute atomic E-state index is 6.09. The van der Waals surface area contributed by atoms with Crippen molar-refractivity contribution in [2.24, 2.45) is 16.8 Å². The second-order valence-electron chi connectivity index (χ2n) is 8.85. The molecular formula is C25H32Cl2N4. The second-order valence-corrected chi connectivity index (χ2v) is 9.72. The van der Waals surface area contributed by atoms with Crippen LogP contribution >= 0.6 is 23.2 Å². The second kappa shape index (κ2) is 11.2. The van der Waals surface area contributed by atoms with Crippen LogP contribution in [0, 0.1) is 11.8 Å². The summed E-state index contributed by atoms with van der Waals surface area (Å²) < 4.78 is 0. The number of nitrogens with zero attached hydrogens (tertiary/aromatic N) is 2. The Morgan fingerprint density at radius 1 is 0.839 bits per heavy atom. The van der Waals surface area contributed by atoms with Crippen LogP contribution in [-0.2, 0) is 13.1 Å². The summed E-state index contributed by atoms with van der Waals surface area (Å²) in [4.78, 5) is 7.01. The molecule has 6 heteroatoms. The Kier molecular flexibility index (Phi) is 8.12. The van der Waals surface area contributed by atoms with Gasteiger partial charge in [0, 0.05) is 42.8 Å². The van der Waals surface area contributed by atoms with Gasteiger partial charge in [-0.15, -0.1) is 0 Å². The van der Waals surface area contributed by atoms with Gasteiger partial charge in [-0.05, 0) is 72.9 Å². The van der Waals surface area contributed by atoms with Crippen LogP contribution in [0.25, 0.3) is 0 Å². The van der Waals surface area contributed by atoms with E-state index in [2.05, 4.69) is 44.8 Å². The average molecular weight is 459 g/mol. The number of guanidine groups is 1. The summed E-state index contributed by atoms with van der Waals surface area (Å²) in [5.74, 6) is 2.49. The standard InChI is InChI=1S/C25H32Cl2N4/c26-23-9-5-21(6-10-23)17-31(18-22-7-11-24(27)12-8-22)16-20-3-1-19(2-4-20)15-30-25-28-13-14-29-25/h5-12,19-20H,1-4,13-18H2,(H2,28,29,30). The zero-order valence-electron chi connectivity index (χ0n) is 18.0. The van der Waals surface area contributed by atoms with Crippen molar-refractivity contribution in [3.63, 3.8) is 0 Å². The maximum atomic E-state index is 6.09. The Morgan fingerprint density at radius 2 is 1.39 bits per heavy atom. The number of aliphatic imine (C=N–C) groups is 1. The van der Waals surface area contributed by atoms with Crippen LogP contribution in [-0.4, -0.2) is 37.0 Å². The summed E-state index contributed by atoms with van der Waals surface area (Å²) in [5, 5.41) is 8.37. The normalized spacial score (nSPS) is 21.1. The molecule has 0 unspecified atom stereocenters. The van der Waals surface area contributed by atoms with Crippen molar-refractivity contribution in [2.45, 2.75) is 38.8 Å². The van der Waals surface area contributed by atoms with E-state index in [0.29, 0.717) is 0 Å². The molecule has 2 aliphatic rings. The lowest BCUT2D eigenvalue weighted by molar-refractivity contribution is 0.169. The molecule has 0 radical (unpaired) electrons. The zero-order chi connectivity index (χ0) is 21.5. The molecule has 2 aromatic carbocycles. The molecule has 0 bridgehead atoms. The van der Waals surface area contributed by atoms with Gasteiger partial charge < -0.3 is 10.6 Å². The average Bonchev–Trinajstić information content (AvgIpc) is 3.30. The van der Waals surface area contributed by atoms with Crippen LogP contribution < -0.4 is 10.6 Å². The molecule has 1 fully saturated rings. The molecule has 4 nitrogen and oxygen atoms in total. The van der Waals surface area contributed by atoms with E-state index in [4.69, 9.17) is 23.2 Å². The molecule has 1 aliphatic carbocycles. The van der Waals surface area contributed by atoms with Gasteiger partial charge >= 0.3 is 0 Å². The van der Waals surface area contributed by atoms with Gasteiger partial charge in [0.05, 0.1) is 6.54 Å². The Labute approximate surface area is 196 Å². The van der Waals surface area contributed by atoms with Crippen molar-refractivity contribution < 1.29 is 0 Å². The van der Waals surface area contributed by atoms with Crippen molar-refractivity contribution >= 4 is 29.2 Å². The van der Waals surface area contributed by atoms with E-state index in [1.165, 1.54) is 36.8 Å².